The predicted molar refractivity (Wildman–Crippen MR) is 129 cm³/mol. The van der Waals surface area contributed by atoms with Crippen molar-refractivity contribution >= 4 is 5.97 Å². The van der Waals surface area contributed by atoms with Crippen LogP contribution in [0.1, 0.15) is 84.6 Å². The summed E-state index contributed by atoms with van der Waals surface area (Å²) in [4.78, 5) is 12.5. The lowest BCUT2D eigenvalue weighted by Gasteiger charge is -2.35. The minimum absolute atomic E-state index is 0.0456. The lowest BCUT2D eigenvalue weighted by molar-refractivity contribution is -0.912. The van der Waals surface area contributed by atoms with Crippen LogP contribution in [0.15, 0.2) is 42.0 Å². The number of nitrogens with zero attached hydrogens (tertiary/aromatic N) is 1. The first-order valence-corrected chi connectivity index (χ1v) is 12.3. The van der Waals surface area contributed by atoms with Gasteiger partial charge in [-0.15, -0.1) is 0 Å². The smallest absolute Gasteiger partial charge is 0.361 e. The molecule has 0 spiro atoms. The van der Waals surface area contributed by atoms with Crippen LogP contribution in [0.5, 0.6) is 0 Å². The van der Waals surface area contributed by atoms with Gasteiger partial charge in [-0.3, -0.25) is 0 Å². The van der Waals surface area contributed by atoms with Crippen molar-refractivity contribution in [3.05, 3.63) is 47.5 Å². The second-order valence-electron chi connectivity index (χ2n) is 8.72. The molecule has 30 heavy (non-hydrogen) atoms. The van der Waals surface area contributed by atoms with Gasteiger partial charge in [-0.1, -0.05) is 87.8 Å². The van der Waals surface area contributed by atoms with Crippen LogP contribution in [0.4, 0.5) is 0 Å². The zero-order chi connectivity index (χ0) is 22.1. The second-order valence-corrected chi connectivity index (χ2v) is 8.72. The molecule has 0 saturated heterocycles. The molecular weight excluding hydrogens is 370 g/mol. The minimum atomic E-state index is -0.0456. The van der Waals surface area contributed by atoms with Crippen molar-refractivity contribution in [1.82, 2.24) is 0 Å². The molecule has 1 aromatic carbocycles. The van der Waals surface area contributed by atoms with Crippen molar-refractivity contribution in [2.45, 2.75) is 85.5 Å². The Hall–Kier alpha value is -1.61. The molecule has 0 amide bonds. The van der Waals surface area contributed by atoms with Crippen LogP contribution >= 0.6 is 0 Å². The van der Waals surface area contributed by atoms with Crippen LogP contribution in [-0.4, -0.2) is 43.2 Å². The van der Waals surface area contributed by atoms with Gasteiger partial charge in [0.2, 0.25) is 0 Å². The first-order valence-electron chi connectivity index (χ1n) is 12.3. The summed E-state index contributed by atoms with van der Waals surface area (Å²) in [5, 5.41) is 0. The number of carbonyl (C=O) groups excluding carboxylic acids is 1. The largest absolute Gasteiger partial charge is 0.462 e. The van der Waals surface area contributed by atoms with Gasteiger partial charge in [-0.2, -0.15) is 0 Å². The Balaban J connectivity index is 2.34. The molecule has 0 bridgehead atoms. The third-order valence-corrected chi connectivity index (χ3v) is 6.22. The molecule has 1 rings (SSSR count). The van der Waals surface area contributed by atoms with E-state index in [1.807, 2.05) is 0 Å². The number of unbranched alkanes of at least 4 members (excludes halogenated alkanes) is 7. The fraction of sp³-hybridized carbons (Fsp3) is 0.667. The third-order valence-electron chi connectivity index (χ3n) is 6.22. The number of allylic oxidation sites excluding steroid dienone is 1. The summed E-state index contributed by atoms with van der Waals surface area (Å²) >= 11 is 0. The lowest BCUT2D eigenvalue weighted by Crippen LogP contribution is -2.51. The number of carbonyl (C=O) groups is 1. The molecule has 0 radical (unpaired) electrons. The van der Waals surface area contributed by atoms with Gasteiger partial charge in [-0.05, 0) is 45.3 Å². The number of hydrogen-bond donors (Lipinski definition) is 0. The number of benzene rings is 1. The van der Waals surface area contributed by atoms with E-state index in [-0.39, 0.29) is 5.97 Å². The van der Waals surface area contributed by atoms with Crippen LogP contribution in [0, 0.1) is 0 Å². The Bertz CT molecular complexity index is 590. The highest BCUT2D eigenvalue weighted by molar-refractivity contribution is 5.70. The van der Waals surface area contributed by atoms with Gasteiger partial charge in [0, 0.05) is 0 Å². The lowest BCUT2D eigenvalue weighted by atomic mass is 10.1. The quantitative estimate of drug-likeness (QED) is 0.122. The van der Waals surface area contributed by atoms with E-state index in [2.05, 4.69) is 64.1 Å². The molecule has 0 atom stereocenters. The summed E-state index contributed by atoms with van der Waals surface area (Å²) in [7, 11) is 0. The van der Waals surface area contributed by atoms with Crippen molar-refractivity contribution in [2.24, 2.45) is 0 Å². The van der Waals surface area contributed by atoms with Crippen molar-refractivity contribution in [1.29, 1.82) is 0 Å². The van der Waals surface area contributed by atoms with E-state index >= 15 is 0 Å². The molecule has 0 aliphatic heterocycles. The molecule has 0 heterocycles. The molecule has 170 valence electrons. The van der Waals surface area contributed by atoms with E-state index in [4.69, 9.17) is 4.74 Å². The van der Waals surface area contributed by atoms with Crippen molar-refractivity contribution in [3.8, 4) is 0 Å². The van der Waals surface area contributed by atoms with Gasteiger partial charge in [0.25, 0.3) is 0 Å². The van der Waals surface area contributed by atoms with E-state index in [1.54, 1.807) is 0 Å². The van der Waals surface area contributed by atoms with Crippen molar-refractivity contribution in [2.75, 3.05) is 32.8 Å². The Kier molecular flexibility index (Phi) is 14.2. The summed E-state index contributed by atoms with van der Waals surface area (Å²) in [6.45, 7) is 12.6. The normalized spacial score (nSPS) is 12.2. The van der Waals surface area contributed by atoms with Gasteiger partial charge in [0.05, 0.1) is 26.2 Å². The molecule has 0 saturated carbocycles. The minimum Gasteiger partial charge on any atom is -0.462 e. The standard InChI is InChI=1S/C27H46NO2/c1-5-8-9-10-11-12-13-17-22-30-27(29)24-28(6-2,7-3)21-20-25(4)23-26-18-15-14-16-19-26/h14-16,18-20H,5-13,17,21-24H2,1-4H3/q+1/b25-20-. The first-order chi connectivity index (χ1) is 14.5. The molecule has 3 heteroatoms. The average Bonchev–Trinajstić information content (AvgIpc) is 2.76. The molecule has 0 N–H and O–H groups in total. The summed E-state index contributed by atoms with van der Waals surface area (Å²) in [5.74, 6) is -0.0456. The molecule has 0 aliphatic rings. The predicted octanol–water partition coefficient (Wildman–Crippen LogP) is 6.72. The first kappa shape index (κ1) is 26.4. The highest BCUT2D eigenvalue weighted by Gasteiger charge is 2.26. The molecule has 3 nitrogen and oxygen atoms in total. The van der Waals surface area contributed by atoms with Crippen LogP contribution in [0.3, 0.4) is 0 Å². The number of hydrogen-bond acceptors (Lipinski definition) is 2. The number of rotatable bonds is 17. The van der Waals surface area contributed by atoms with E-state index in [0.29, 0.717) is 13.2 Å². The molecule has 0 aliphatic carbocycles. The molecular formula is C27H46NO2+. The van der Waals surface area contributed by atoms with Crippen molar-refractivity contribution < 1.29 is 14.0 Å². The van der Waals surface area contributed by atoms with Gasteiger partial charge in [0.1, 0.15) is 0 Å². The van der Waals surface area contributed by atoms with Gasteiger partial charge in [0.15, 0.2) is 6.54 Å². The highest BCUT2D eigenvalue weighted by Crippen LogP contribution is 2.13. The Morgan fingerprint density at radius 3 is 2.10 bits per heavy atom. The third kappa shape index (κ3) is 11.5. The zero-order valence-corrected chi connectivity index (χ0v) is 20.1. The monoisotopic (exact) mass is 416 g/mol. The van der Waals surface area contributed by atoms with Crippen LogP contribution in [-0.2, 0) is 16.0 Å². The van der Waals surface area contributed by atoms with E-state index < -0.39 is 0 Å². The summed E-state index contributed by atoms with van der Waals surface area (Å²) in [6, 6.07) is 10.6. The topological polar surface area (TPSA) is 26.3 Å². The van der Waals surface area contributed by atoms with Crippen LogP contribution in [0.2, 0.25) is 0 Å². The fourth-order valence-electron chi connectivity index (χ4n) is 3.85. The van der Waals surface area contributed by atoms with Crippen LogP contribution < -0.4 is 0 Å². The molecule has 1 aromatic rings. The number of esters is 1. The molecule has 0 aromatic heterocycles. The van der Waals surface area contributed by atoms with Gasteiger partial charge in [-0.25, -0.2) is 4.79 Å². The van der Waals surface area contributed by atoms with E-state index in [1.165, 1.54) is 56.1 Å². The maximum atomic E-state index is 12.5. The summed E-state index contributed by atoms with van der Waals surface area (Å²) in [5.41, 5.74) is 2.69. The van der Waals surface area contributed by atoms with Crippen LogP contribution in [0.25, 0.3) is 0 Å². The number of ether oxygens (including phenoxy) is 1. The van der Waals surface area contributed by atoms with E-state index in [0.717, 1.165) is 37.0 Å². The van der Waals surface area contributed by atoms with Gasteiger partial charge < -0.3 is 9.22 Å². The summed E-state index contributed by atoms with van der Waals surface area (Å²) < 4.78 is 6.34. The second kappa shape index (κ2) is 16.1. The average molecular weight is 417 g/mol. The Morgan fingerprint density at radius 1 is 0.900 bits per heavy atom. The Labute approximate surface area is 186 Å². The van der Waals surface area contributed by atoms with E-state index in [9.17, 15) is 4.79 Å². The SMILES string of the molecule is CCCCCCCCCCOC(=O)C[N+](CC)(CC)C/C=C(/C)Cc1ccccc1. The van der Waals surface area contributed by atoms with Crippen molar-refractivity contribution in [3.63, 3.8) is 0 Å². The van der Waals surface area contributed by atoms with Gasteiger partial charge >= 0.3 is 5.97 Å². The maximum Gasteiger partial charge on any atom is 0.361 e. The number of quaternary nitrogens is 1. The fourth-order valence-corrected chi connectivity index (χ4v) is 3.85. The Morgan fingerprint density at radius 2 is 1.50 bits per heavy atom. The number of likely N-dealkylation sites (N-methyl/N-ethyl adjacent to an activating group) is 1. The highest BCUT2D eigenvalue weighted by atomic mass is 16.5. The summed E-state index contributed by atoms with van der Waals surface area (Å²) in [6.07, 6.45) is 13.4. The molecule has 0 unspecified atom stereocenters. The zero-order valence-electron chi connectivity index (χ0n) is 20.1. The molecule has 0 fully saturated rings. The maximum absolute atomic E-state index is 12.5.